The Morgan fingerprint density at radius 3 is 2.20 bits per heavy atom. The molecule has 1 heterocycles. The van der Waals surface area contributed by atoms with E-state index in [1.165, 1.54) is 23.5 Å². The third-order valence-corrected chi connectivity index (χ3v) is 4.34. The first-order chi connectivity index (χ1) is 9.36. The second-order valence-electron chi connectivity index (χ2n) is 4.28. The molecule has 20 heavy (non-hydrogen) atoms. The Kier molecular flexibility index (Phi) is 2.99. The summed E-state index contributed by atoms with van der Waals surface area (Å²) in [7, 11) is 0. The van der Waals surface area contributed by atoms with E-state index in [0.29, 0.717) is 19.8 Å². The topological polar surface area (TPSA) is 17.1 Å². The Hall–Kier alpha value is -1.59. The Morgan fingerprint density at radius 2 is 1.55 bits per heavy atom. The summed E-state index contributed by atoms with van der Waals surface area (Å²) in [6.45, 7) is 0. The van der Waals surface area contributed by atoms with Crippen molar-refractivity contribution in [1.82, 2.24) is 0 Å². The SMILES string of the molecule is O=c1c2cc(Cl)ccc2sc2ccc(C(F)(F)F)cc12. The van der Waals surface area contributed by atoms with E-state index in [9.17, 15) is 18.0 Å². The lowest BCUT2D eigenvalue weighted by Gasteiger charge is -2.08. The Labute approximate surface area is 120 Å². The maximum absolute atomic E-state index is 12.7. The second kappa shape index (κ2) is 4.46. The molecule has 0 saturated heterocycles. The minimum absolute atomic E-state index is 0.0691. The highest BCUT2D eigenvalue weighted by atomic mass is 35.5. The standard InChI is InChI=1S/C14H6ClF3OS/c15-8-2-4-12-10(6-8)13(19)9-5-7(14(16,17)18)1-3-11(9)20-12/h1-6H. The molecule has 1 nitrogen and oxygen atoms in total. The van der Waals surface area contributed by atoms with Gasteiger partial charge in [0.05, 0.1) is 5.56 Å². The first kappa shape index (κ1) is 13.4. The molecule has 0 N–H and O–H groups in total. The monoisotopic (exact) mass is 314 g/mol. The van der Waals surface area contributed by atoms with E-state index in [1.807, 2.05) is 0 Å². The van der Waals surface area contributed by atoms with Gasteiger partial charge in [-0.2, -0.15) is 13.2 Å². The van der Waals surface area contributed by atoms with Crippen LogP contribution in [0.25, 0.3) is 20.2 Å². The molecule has 0 amide bonds. The van der Waals surface area contributed by atoms with Crippen LogP contribution in [0.3, 0.4) is 0 Å². The van der Waals surface area contributed by atoms with Crippen LogP contribution in [0.1, 0.15) is 5.56 Å². The summed E-state index contributed by atoms with van der Waals surface area (Å²) in [5.41, 5.74) is -1.25. The average Bonchev–Trinajstić information content (AvgIpc) is 2.38. The van der Waals surface area contributed by atoms with Crippen LogP contribution >= 0.6 is 22.9 Å². The van der Waals surface area contributed by atoms with E-state index >= 15 is 0 Å². The summed E-state index contributed by atoms with van der Waals surface area (Å²) in [5, 5.41) is 0.794. The van der Waals surface area contributed by atoms with Crippen LogP contribution < -0.4 is 5.43 Å². The molecule has 0 aliphatic rings. The molecular weight excluding hydrogens is 309 g/mol. The summed E-state index contributed by atoms with van der Waals surface area (Å²) in [6.07, 6.45) is -4.46. The number of benzene rings is 2. The van der Waals surface area contributed by atoms with Gasteiger partial charge in [-0.3, -0.25) is 4.79 Å². The number of hydrogen-bond acceptors (Lipinski definition) is 2. The van der Waals surface area contributed by atoms with Gasteiger partial charge in [0.2, 0.25) is 0 Å². The molecule has 0 aliphatic carbocycles. The molecule has 0 unspecified atom stereocenters. The van der Waals surface area contributed by atoms with Crippen LogP contribution in [0.4, 0.5) is 13.2 Å². The molecule has 2 aromatic carbocycles. The third-order valence-electron chi connectivity index (χ3n) is 2.96. The fourth-order valence-corrected chi connectivity index (χ4v) is 3.21. The lowest BCUT2D eigenvalue weighted by Crippen LogP contribution is -2.07. The molecule has 3 aromatic rings. The van der Waals surface area contributed by atoms with Crippen molar-refractivity contribution in [2.75, 3.05) is 0 Å². The summed E-state index contributed by atoms with van der Waals surface area (Å²) in [6, 6.07) is 8.04. The number of fused-ring (bicyclic) bond motifs is 2. The Balaban J connectivity index is 2.43. The zero-order valence-electron chi connectivity index (χ0n) is 9.79. The fourth-order valence-electron chi connectivity index (χ4n) is 2.00. The van der Waals surface area contributed by atoms with Crippen molar-refractivity contribution in [2.24, 2.45) is 0 Å². The van der Waals surface area contributed by atoms with Crippen molar-refractivity contribution in [1.29, 1.82) is 0 Å². The van der Waals surface area contributed by atoms with Crippen LogP contribution in [0.5, 0.6) is 0 Å². The third kappa shape index (κ3) is 2.17. The summed E-state index contributed by atoms with van der Waals surface area (Å²) < 4.78 is 39.3. The van der Waals surface area contributed by atoms with E-state index < -0.39 is 17.2 Å². The maximum atomic E-state index is 12.7. The molecule has 102 valence electrons. The van der Waals surface area contributed by atoms with Gasteiger partial charge in [0.1, 0.15) is 0 Å². The van der Waals surface area contributed by atoms with Crippen LogP contribution in [0, 0.1) is 0 Å². The van der Waals surface area contributed by atoms with Crippen LogP contribution in [0.2, 0.25) is 5.02 Å². The molecule has 0 saturated carbocycles. The number of hydrogen-bond donors (Lipinski definition) is 0. The number of alkyl halides is 3. The molecule has 3 rings (SSSR count). The number of rotatable bonds is 0. The molecule has 0 atom stereocenters. The lowest BCUT2D eigenvalue weighted by molar-refractivity contribution is -0.137. The average molecular weight is 315 g/mol. The fraction of sp³-hybridized carbons (Fsp3) is 0.0714. The molecule has 0 radical (unpaired) electrons. The lowest BCUT2D eigenvalue weighted by atomic mass is 10.1. The van der Waals surface area contributed by atoms with Crippen LogP contribution in [-0.2, 0) is 6.18 Å². The van der Waals surface area contributed by atoms with E-state index in [2.05, 4.69) is 0 Å². The normalized spacial score (nSPS) is 12.2. The molecule has 0 fully saturated rings. The zero-order chi connectivity index (χ0) is 14.5. The quantitative estimate of drug-likeness (QED) is 0.528. The van der Waals surface area contributed by atoms with Gasteiger partial charge >= 0.3 is 6.18 Å². The van der Waals surface area contributed by atoms with Crippen molar-refractivity contribution >= 4 is 43.1 Å². The minimum atomic E-state index is -4.46. The van der Waals surface area contributed by atoms with Crippen molar-refractivity contribution in [2.45, 2.75) is 6.18 Å². The van der Waals surface area contributed by atoms with Crippen LogP contribution in [-0.4, -0.2) is 0 Å². The van der Waals surface area contributed by atoms with Crippen molar-refractivity contribution in [3.05, 3.63) is 57.2 Å². The molecule has 6 heteroatoms. The van der Waals surface area contributed by atoms with Gasteiger partial charge in [-0.1, -0.05) is 11.6 Å². The van der Waals surface area contributed by atoms with Gasteiger partial charge in [-0.05, 0) is 36.4 Å². The first-order valence-electron chi connectivity index (χ1n) is 5.59. The highest BCUT2D eigenvalue weighted by Gasteiger charge is 2.30. The van der Waals surface area contributed by atoms with Crippen LogP contribution in [0.15, 0.2) is 41.2 Å². The molecule has 0 aliphatic heterocycles. The van der Waals surface area contributed by atoms with Gasteiger partial charge in [-0.15, -0.1) is 11.3 Å². The summed E-state index contributed by atoms with van der Waals surface area (Å²) >= 11 is 7.10. The Bertz CT molecular complexity index is 883. The largest absolute Gasteiger partial charge is 0.416 e. The Morgan fingerprint density at radius 1 is 0.950 bits per heavy atom. The van der Waals surface area contributed by atoms with Gasteiger partial charge in [0, 0.05) is 25.2 Å². The first-order valence-corrected chi connectivity index (χ1v) is 6.79. The second-order valence-corrected chi connectivity index (χ2v) is 5.80. The smallest absolute Gasteiger partial charge is 0.289 e. The summed E-state index contributed by atoms with van der Waals surface area (Å²) in [5.74, 6) is 0. The minimum Gasteiger partial charge on any atom is -0.289 e. The highest BCUT2D eigenvalue weighted by molar-refractivity contribution is 7.24. The van der Waals surface area contributed by atoms with E-state index in [1.54, 1.807) is 12.1 Å². The highest BCUT2D eigenvalue weighted by Crippen LogP contribution is 2.33. The molecule has 0 bridgehead atoms. The maximum Gasteiger partial charge on any atom is 0.416 e. The summed E-state index contributed by atoms with van der Waals surface area (Å²) in [4.78, 5) is 12.3. The van der Waals surface area contributed by atoms with Gasteiger partial charge in [-0.25, -0.2) is 0 Å². The van der Waals surface area contributed by atoms with Crippen molar-refractivity contribution in [3.8, 4) is 0 Å². The zero-order valence-corrected chi connectivity index (χ0v) is 11.4. The molecular formula is C14H6ClF3OS. The predicted octanol–water partition coefficient (Wildman–Crippen LogP) is 5.09. The molecule has 0 spiro atoms. The van der Waals surface area contributed by atoms with Gasteiger partial charge in [0.25, 0.3) is 0 Å². The van der Waals surface area contributed by atoms with E-state index in [4.69, 9.17) is 11.6 Å². The number of halogens is 4. The molecule has 1 aromatic heterocycles. The van der Waals surface area contributed by atoms with E-state index in [-0.39, 0.29) is 5.39 Å². The van der Waals surface area contributed by atoms with Gasteiger partial charge < -0.3 is 0 Å². The van der Waals surface area contributed by atoms with E-state index in [0.717, 1.165) is 12.1 Å². The van der Waals surface area contributed by atoms with Gasteiger partial charge in [0.15, 0.2) is 5.43 Å². The predicted molar refractivity (Wildman–Crippen MR) is 75.6 cm³/mol. The van der Waals surface area contributed by atoms with Crippen molar-refractivity contribution in [3.63, 3.8) is 0 Å². The van der Waals surface area contributed by atoms with Crippen molar-refractivity contribution < 1.29 is 13.2 Å².